The Morgan fingerprint density at radius 2 is 0.520 bits per heavy atom. The monoisotopic (exact) mass is 1250 g/mol. The van der Waals surface area contributed by atoms with Gasteiger partial charge in [0.2, 0.25) is 0 Å². The minimum atomic E-state index is 0.566. The van der Waals surface area contributed by atoms with Gasteiger partial charge >= 0.3 is 0 Å². The van der Waals surface area contributed by atoms with E-state index in [1.165, 1.54) is 0 Å². The van der Waals surface area contributed by atoms with Crippen molar-refractivity contribution in [1.29, 1.82) is 0 Å². The maximum atomic E-state index is 7.49. The molecule has 18 rings (SSSR count). The molecule has 0 saturated heterocycles. The Morgan fingerprint density at radius 1 is 0.204 bits per heavy atom. The summed E-state index contributed by atoms with van der Waals surface area (Å²) in [7, 11) is 0. The largest absolute Gasteiger partial charge is 0.455 e. The number of para-hydroxylation sites is 3. The fourth-order valence-corrected chi connectivity index (χ4v) is 13.7. The third-order valence-corrected chi connectivity index (χ3v) is 18.5. The minimum absolute atomic E-state index is 0.566. The zero-order valence-electron chi connectivity index (χ0n) is 52.9. The van der Waals surface area contributed by atoms with Gasteiger partial charge in [-0.1, -0.05) is 285 Å². The lowest BCUT2D eigenvalue weighted by atomic mass is 9.95. The Hall–Kier alpha value is -13.3. The zero-order chi connectivity index (χ0) is 64.9. The first kappa shape index (κ1) is 57.4. The maximum Gasteiger partial charge on any atom is 0.164 e. The molecule has 18 aromatic rings. The second-order valence-electron chi connectivity index (χ2n) is 24.6. The molecular weight excluding hydrogens is 1200 g/mol. The van der Waals surface area contributed by atoms with Gasteiger partial charge in [-0.15, -0.1) is 0 Å². The summed E-state index contributed by atoms with van der Waals surface area (Å²) in [6.07, 6.45) is 0. The molecule has 0 radical (unpaired) electrons. The molecule has 0 fully saturated rings. The minimum Gasteiger partial charge on any atom is -0.455 e. The highest BCUT2D eigenvalue weighted by Gasteiger charge is 2.25. The molecule has 4 aromatic heterocycles. The van der Waals surface area contributed by atoms with Crippen LogP contribution in [0.4, 0.5) is 0 Å². The Bertz CT molecular complexity index is 5870. The molecule has 14 aromatic carbocycles. The van der Waals surface area contributed by atoms with Crippen LogP contribution in [-0.2, 0) is 0 Å². The molecule has 0 aliphatic heterocycles. The van der Waals surface area contributed by atoms with Crippen LogP contribution in [-0.4, -0.2) is 34.5 Å². The number of furan rings is 1. The van der Waals surface area contributed by atoms with E-state index in [2.05, 4.69) is 278 Å². The molecule has 458 valence electrons. The Labute approximate surface area is 565 Å². The molecule has 4 heterocycles. The first-order chi connectivity index (χ1) is 48.5. The number of aromatic nitrogens is 7. The Balaban J connectivity index is 0.777. The van der Waals surface area contributed by atoms with Crippen LogP contribution in [0.3, 0.4) is 0 Å². The van der Waals surface area contributed by atoms with Crippen LogP contribution in [0.15, 0.2) is 350 Å². The lowest BCUT2D eigenvalue weighted by Gasteiger charge is -2.13. The molecule has 0 spiro atoms. The molecule has 0 amide bonds. The van der Waals surface area contributed by atoms with E-state index in [1.54, 1.807) is 0 Å². The third kappa shape index (κ3) is 10.6. The van der Waals surface area contributed by atoms with E-state index < -0.39 is 0 Å². The van der Waals surface area contributed by atoms with Gasteiger partial charge in [0.25, 0.3) is 0 Å². The van der Waals surface area contributed by atoms with Gasteiger partial charge in [-0.25, -0.2) is 29.9 Å². The van der Waals surface area contributed by atoms with Crippen LogP contribution in [0, 0.1) is 0 Å². The van der Waals surface area contributed by atoms with E-state index in [4.69, 9.17) is 34.3 Å². The first-order valence-corrected chi connectivity index (χ1v) is 32.9. The van der Waals surface area contributed by atoms with Crippen molar-refractivity contribution in [2.75, 3.05) is 0 Å². The van der Waals surface area contributed by atoms with E-state index in [0.29, 0.717) is 34.9 Å². The number of hydrogen-bond acceptors (Lipinski definition) is 7. The van der Waals surface area contributed by atoms with Crippen molar-refractivity contribution in [3.8, 4) is 141 Å². The van der Waals surface area contributed by atoms with Gasteiger partial charge in [0, 0.05) is 66.4 Å². The van der Waals surface area contributed by atoms with Crippen molar-refractivity contribution >= 4 is 43.7 Å². The maximum absolute atomic E-state index is 7.49. The fraction of sp³-hybridized carbons (Fsp3) is 0. The molecule has 8 nitrogen and oxygen atoms in total. The average molecular weight is 1250 g/mol. The first-order valence-electron chi connectivity index (χ1n) is 32.9. The van der Waals surface area contributed by atoms with E-state index in [9.17, 15) is 0 Å². The van der Waals surface area contributed by atoms with E-state index >= 15 is 0 Å². The summed E-state index contributed by atoms with van der Waals surface area (Å²) in [6, 6.07) is 121. The summed E-state index contributed by atoms with van der Waals surface area (Å²) in [5, 5.41) is 4.29. The van der Waals surface area contributed by atoms with Crippen LogP contribution in [0.2, 0.25) is 0 Å². The van der Waals surface area contributed by atoms with Crippen molar-refractivity contribution in [2.45, 2.75) is 0 Å². The predicted octanol–water partition coefficient (Wildman–Crippen LogP) is 23.1. The molecular formula is C90H57N7O. The van der Waals surface area contributed by atoms with E-state index in [1.807, 2.05) is 72.8 Å². The van der Waals surface area contributed by atoms with Crippen molar-refractivity contribution in [2.24, 2.45) is 0 Å². The third-order valence-electron chi connectivity index (χ3n) is 18.5. The topological polar surface area (TPSA) is 95.4 Å². The summed E-state index contributed by atoms with van der Waals surface area (Å²) in [6.45, 7) is 0. The van der Waals surface area contributed by atoms with E-state index in [0.717, 1.165) is 150 Å². The summed E-state index contributed by atoms with van der Waals surface area (Å²) >= 11 is 0. The van der Waals surface area contributed by atoms with Crippen LogP contribution in [0.25, 0.3) is 185 Å². The van der Waals surface area contributed by atoms with E-state index in [-0.39, 0.29) is 0 Å². The lowest BCUT2D eigenvalue weighted by molar-refractivity contribution is 0.671. The number of hydrogen-bond donors (Lipinski definition) is 0. The van der Waals surface area contributed by atoms with Crippen LogP contribution < -0.4 is 0 Å². The molecule has 0 aliphatic carbocycles. The van der Waals surface area contributed by atoms with Gasteiger partial charge < -0.3 is 8.98 Å². The number of rotatable bonds is 13. The summed E-state index contributed by atoms with van der Waals surface area (Å²) in [5.41, 5.74) is 22.7. The van der Waals surface area contributed by atoms with Gasteiger partial charge in [0.05, 0.1) is 16.4 Å². The van der Waals surface area contributed by atoms with Gasteiger partial charge in [0.15, 0.2) is 34.9 Å². The quantitative estimate of drug-likeness (QED) is 0.113. The summed E-state index contributed by atoms with van der Waals surface area (Å²) in [5.74, 6) is 3.48. The smallest absolute Gasteiger partial charge is 0.164 e. The molecule has 0 bridgehead atoms. The zero-order valence-corrected chi connectivity index (χ0v) is 52.9. The molecule has 0 atom stereocenters. The average Bonchev–Trinajstić information content (AvgIpc) is 1.54. The summed E-state index contributed by atoms with van der Waals surface area (Å²) < 4.78 is 9.89. The molecule has 0 saturated carbocycles. The second-order valence-corrected chi connectivity index (χ2v) is 24.6. The van der Waals surface area contributed by atoms with Crippen molar-refractivity contribution < 1.29 is 4.42 Å². The van der Waals surface area contributed by atoms with Crippen LogP contribution >= 0.6 is 0 Å². The highest BCUT2D eigenvalue weighted by atomic mass is 16.3. The van der Waals surface area contributed by atoms with Crippen molar-refractivity contribution in [3.05, 3.63) is 346 Å². The highest BCUT2D eigenvalue weighted by molar-refractivity contribution is 6.28. The summed E-state index contributed by atoms with van der Waals surface area (Å²) in [4.78, 5) is 31.4. The molecule has 8 heteroatoms. The van der Waals surface area contributed by atoms with Gasteiger partial charge in [0.1, 0.15) is 11.2 Å². The number of benzene rings is 14. The Kier molecular flexibility index (Phi) is 14.4. The normalized spacial score (nSPS) is 11.5. The lowest BCUT2D eigenvalue weighted by Crippen LogP contribution is -2.00. The molecule has 0 unspecified atom stereocenters. The SMILES string of the molecule is c1ccc(-c2cc(-c3ccccc3)cc(-c3nc(-c4ccccc4)nc(-c4ccc(-c5cccc6c5oc5c(-c7ccc(-c8nc(-c9ccccc9)nc(-c9cc(-c%10ccccc%10)cc(-c%10ccccc%10)c9)n8)cc7)cc7c8ccccc8n(-c8ccccc8)c7c56)cc4)n3)c2)cc1. The fourth-order valence-electron chi connectivity index (χ4n) is 13.7. The van der Waals surface area contributed by atoms with Crippen molar-refractivity contribution in [1.82, 2.24) is 34.5 Å². The number of fused-ring (bicyclic) bond motifs is 7. The van der Waals surface area contributed by atoms with Crippen LogP contribution in [0.1, 0.15) is 0 Å². The second kappa shape index (κ2) is 24.6. The Morgan fingerprint density at radius 3 is 0.939 bits per heavy atom. The predicted molar refractivity (Wildman–Crippen MR) is 400 cm³/mol. The molecule has 98 heavy (non-hydrogen) atoms. The van der Waals surface area contributed by atoms with Gasteiger partial charge in [-0.2, -0.15) is 0 Å². The molecule has 0 aliphatic rings. The standard InChI is InChI=1S/C90H57N7O/c1-8-25-58(26-9-1)68-51-69(59-27-10-2-11-28-59)54-72(53-68)89-93-85(64-33-16-5-17-34-64)91-87(95-89)66-47-43-62(44-48-66)75-40-24-41-77-81-82-79(76-39-22-23-42-80(76)97(82)74-37-20-7-21-38-74)57-78(84(81)98-83(75)77)63-45-49-67(50-46-63)88-92-86(65-35-18-6-19-36-65)94-90(96-88)73-55-70(60-29-12-3-13-30-60)52-71(56-73)61-31-14-4-15-32-61/h1-57H. The highest BCUT2D eigenvalue weighted by Crippen LogP contribution is 2.48. The van der Waals surface area contributed by atoms with Crippen molar-refractivity contribution in [3.63, 3.8) is 0 Å². The van der Waals surface area contributed by atoms with Gasteiger partial charge in [-0.3, -0.25) is 0 Å². The van der Waals surface area contributed by atoms with Crippen LogP contribution in [0.5, 0.6) is 0 Å². The number of nitrogens with zero attached hydrogens (tertiary/aromatic N) is 7. The molecule has 0 N–H and O–H groups in total. The van der Waals surface area contributed by atoms with Gasteiger partial charge in [-0.05, 0) is 116 Å².